The Morgan fingerprint density at radius 3 is 2.43 bits per heavy atom. The van der Waals surface area contributed by atoms with Crippen molar-refractivity contribution in [2.45, 2.75) is 31.2 Å². The predicted molar refractivity (Wildman–Crippen MR) is 88.5 cm³/mol. The van der Waals surface area contributed by atoms with Gasteiger partial charge in [-0.25, -0.2) is 12.8 Å². The highest BCUT2D eigenvalue weighted by atomic mass is 32.2. The molecule has 1 aliphatic heterocycles. The first-order valence-corrected chi connectivity index (χ1v) is 8.87. The van der Waals surface area contributed by atoms with Crippen LogP contribution in [0.15, 0.2) is 41.3 Å². The van der Waals surface area contributed by atoms with E-state index in [9.17, 15) is 12.8 Å². The van der Waals surface area contributed by atoms with Crippen molar-refractivity contribution in [3.63, 3.8) is 0 Å². The molecule has 23 heavy (non-hydrogen) atoms. The quantitative estimate of drug-likeness (QED) is 0.918. The molecule has 0 fully saturated rings. The lowest BCUT2D eigenvalue weighted by Gasteiger charge is -2.34. The molecule has 6 heteroatoms. The maximum absolute atomic E-state index is 13.5. The van der Waals surface area contributed by atoms with Crippen LogP contribution in [0.25, 0.3) is 0 Å². The van der Waals surface area contributed by atoms with E-state index in [2.05, 4.69) is 0 Å². The molecule has 0 saturated heterocycles. The fourth-order valence-corrected chi connectivity index (χ4v) is 5.20. The molecule has 0 amide bonds. The summed E-state index contributed by atoms with van der Waals surface area (Å²) < 4.78 is 41.3. The number of hydrogen-bond donors (Lipinski definition) is 1. The van der Waals surface area contributed by atoms with Gasteiger partial charge in [-0.3, -0.25) is 4.31 Å². The minimum Gasteiger partial charge on any atom is -0.326 e. The number of nitrogens with zero attached hydrogens (tertiary/aromatic N) is 1. The molecule has 2 N–H and O–H groups in total. The second-order valence-electron chi connectivity index (χ2n) is 6.00. The number of nitrogens with two attached hydrogens (primary N) is 1. The van der Waals surface area contributed by atoms with E-state index in [4.69, 9.17) is 5.73 Å². The number of rotatable bonds is 2. The van der Waals surface area contributed by atoms with Gasteiger partial charge in [-0.15, -0.1) is 0 Å². The van der Waals surface area contributed by atoms with Gasteiger partial charge < -0.3 is 5.73 Å². The van der Waals surface area contributed by atoms with E-state index < -0.39 is 15.8 Å². The number of para-hydroxylation sites is 1. The number of aryl methyl sites for hydroxylation is 2. The molecule has 1 unspecified atom stereocenters. The molecule has 0 spiro atoms. The molecule has 4 nitrogen and oxygen atoms in total. The summed E-state index contributed by atoms with van der Waals surface area (Å²) in [4.78, 5) is 0.155. The van der Waals surface area contributed by atoms with Gasteiger partial charge in [0.05, 0.1) is 10.6 Å². The van der Waals surface area contributed by atoms with Gasteiger partial charge in [-0.05, 0) is 55.2 Å². The summed E-state index contributed by atoms with van der Waals surface area (Å²) in [6.07, 6.45) is 0.642. The van der Waals surface area contributed by atoms with Crippen LogP contribution in [0.3, 0.4) is 0 Å². The Balaban J connectivity index is 2.18. The summed E-state index contributed by atoms with van der Waals surface area (Å²) in [5.74, 6) is -0.435. The highest BCUT2D eigenvalue weighted by Crippen LogP contribution is 2.33. The molecule has 1 heterocycles. The molecular weight excluding hydrogens is 315 g/mol. The molecule has 0 saturated carbocycles. The van der Waals surface area contributed by atoms with Crippen LogP contribution in [-0.4, -0.2) is 21.0 Å². The zero-order chi connectivity index (χ0) is 16.8. The smallest absolute Gasteiger partial charge is 0.264 e. The van der Waals surface area contributed by atoms with Crippen molar-refractivity contribution < 1.29 is 12.8 Å². The lowest BCUT2D eigenvalue weighted by Crippen LogP contribution is -2.46. The summed E-state index contributed by atoms with van der Waals surface area (Å²) in [7, 11) is -3.80. The van der Waals surface area contributed by atoms with Crippen molar-refractivity contribution in [3.8, 4) is 0 Å². The van der Waals surface area contributed by atoms with Crippen LogP contribution in [0.1, 0.15) is 16.7 Å². The maximum atomic E-state index is 13.5. The van der Waals surface area contributed by atoms with E-state index >= 15 is 0 Å². The number of halogens is 1. The Bertz CT molecular complexity index is 842. The van der Waals surface area contributed by atoms with Crippen molar-refractivity contribution in [2.75, 3.05) is 10.8 Å². The third-order valence-corrected chi connectivity index (χ3v) is 6.20. The second-order valence-corrected chi connectivity index (χ2v) is 7.80. The summed E-state index contributed by atoms with van der Waals surface area (Å²) in [5, 5.41) is 0. The largest absolute Gasteiger partial charge is 0.326 e. The lowest BCUT2D eigenvalue weighted by atomic mass is 10.0. The maximum Gasteiger partial charge on any atom is 0.264 e. The molecule has 0 bridgehead atoms. The van der Waals surface area contributed by atoms with Crippen molar-refractivity contribution in [3.05, 3.63) is 58.9 Å². The Morgan fingerprint density at radius 1 is 1.17 bits per heavy atom. The number of benzene rings is 2. The van der Waals surface area contributed by atoms with Crippen molar-refractivity contribution in [2.24, 2.45) is 5.73 Å². The Hall–Kier alpha value is -1.92. The first kappa shape index (κ1) is 16.0. The number of sulfonamides is 1. The lowest BCUT2D eigenvalue weighted by molar-refractivity contribution is 0.573. The average Bonchev–Trinajstić information content (AvgIpc) is 2.44. The standard InChI is InChI=1S/C17H19FN2O2S/c1-11-7-14(18)8-12(2)17(11)23(21,22)20-10-15(19)9-13-5-3-4-6-16(13)20/h3-8,15H,9-10,19H2,1-2H3. The molecule has 0 radical (unpaired) electrons. The molecule has 1 atom stereocenters. The van der Waals surface area contributed by atoms with Crippen LogP contribution in [-0.2, 0) is 16.4 Å². The molecule has 122 valence electrons. The Kier molecular flexibility index (Phi) is 3.90. The number of anilines is 1. The Labute approximate surface area is 135 Å². The van der Waals surface area contributed by atoms with E-state index in [-0.39, 0.29) is 17.5 Å². The molecule has 0 aromatic heterocycles. The van der Waals surface area contributed by atoms with Gasteiger partial charge in [0.2, 0.25) is 0 Å². The third-order valence-electron chi connectivity index (χ3n) is 4.12. The van der Waals surface area contributed by atoms with Gasteiger partial charge in [-0.2, -0.15) is 0 Å². The van der Waals surface area contributed by atoms with Crippen LogP contribution in [0.2, 0.25) is 0 Å². The van der Waals surface area contributed by atoms with E-state index in [0.29, 0.717) is 23.2 Å². The van der Waals surface area contributed by atoms with Gasteiger partial charge in [0, 0.05) is 12.6 Å². The van der Waals surface area contributed by atoms with Crippen LogP contribution < -0.4 is 10.0 Å². The van der Waals surface area contributed by atoms with Gasteiger partial charge in [0.25, 0.3) is 10.0 Å². The molecule has 0 aliphatic carbocycles. The minimum atomic E-state index is -3.80. The molecular formula is C17H19FN2O2S. The van der Waals surface area contributed by atoms with Crippen LogP contribution >= 0.6 is 0 Å². The minimum absolute atomic E-state index is 0.155. The van der Waals surface area contributed by atoms with Gasteiger partial charge >= 0.3 is 0 Å². The van der Waals surface area contributed by atoms with Crippen molar-refractivity contribution in [1.82, 2.24) is 0 Å². The van der Waals surface area contributed by atoms with E-state index in [1.165, 1.54) is 16.4 Å². The third kappa shape index (κ3) is 2.72. The highest BCUT2D eigenvalue weighted by Gasteiger charge is 2.33. The van der Waals surface area contributed by atoms with Gasteiger partial charge in [0.15, 0.2) is 0 Å². The van der Waals surface area contributed by atoms with Gasteiger partial charge in [-0.1, -0.05) is 18.2 Å². The van der Waals surface area contributed by atoms with E-state index in [0.717, 1.165) is 5.56 Å². The SMILES string of the molecule is Cc1cc(F)cc(C)c1S(=O)(=O)N1CC(N)Cc2ccccc21. The van der Waals surface area contributed by atoms with Crippen molar-refractivity contribution in [1.29, 1.82) is 0 Å². The van der Waals surface area contributed by atoms with Crippen LogP contribution in [0.4, 0.5) is 10.1 Å². The first-order valence-electron chi connectivity index (χ1n) is 7.43. The number of hydrogen-bond acceptors (Lipinski definition) is 3. The van der Waals surface area contributed by atoms with Crippen LogP contribution in [0, 0.1) is 19.7 Å². The van der Waals surface area contributed by atoms with E-state index in [1.54, 1.807) is 19.9 Å². The topological polar surface area (TPSA) is 63.4 Å². The molecule has 3 rings (SSSR count). The van der Waals surface area contributed by atoms with Crippen LogP contribution in [0.5, 0.6) is 0 Å². The number of fused-ring (bicyclic) bond motifs is 1. The van der Waals surface area contributed by atoms with Gasteiger partial charge in [0.1, 0.15) is 5.82 Å². The summed E-state index contributed by atoms with van der Waals surface area (Å²) in [6.45, 7) is 3.44. The zero-order valence-corrected chi connectivity index (χ0v) is 13.9. The normalized spacial score (nSPS) is 17.9. The fourth-order valence-electron chi connectivity index (χ4n) is 3.23. The summed E-state index contributed by atoms with van der Waals surface area (Å²) >= 11 is 0. The Morgan fingerprint density at radius 2 is 1.78 bits per heavy atom. The van der Waals surface area contributed by atoms with E-state index in [1.807, 2.05) is 18.2 Å². The predicted octanol–water partition coefficient (Wildman–Crippen LogP) is 2.52. The highest BCUT2D eigenvalue weighted by molar-refractivity contribution is 7.93. The summed E-state index contributed by atoms with van der Waals surface area (Å²) in [6, 6.07) is 9.58. The molecule has 2 aromatic carbocycles. The van der Waals surface area contributed by atoms with Crippen molar-refractivity contribution >= 4 is 15.7 Å². The molecule has 1 aliphatic rings. The summed E-state index contributed by atoms with van der Waals surface area (Å²) in [5.41, 5.74) is 8.41. The zero-order valence-electron chi connectivity index (χ0n) is 13.1. The second kappa shape index (κ2) is 5.62. The fraction of sp³-hybridized carbons (Fsp3) is 0.294. The molecule has 2 aromatic rings. The average molecular weight is 334 g/mol. The monoisotopic (exact) mass is 334 g/mol. The first-order chi connectivity index (χ1) is 10.8.